The van der Waals surface area contributed by atoms with Crippen LogP contribution in [-0.2, 0) is 37.4 Å². The average Bonchev–Trinajstić information content (AvgIpc) is 3.53. The lowest BCUT2D eigenvalue weighted by atomic mass is 10.1. The molecule has 14 heteroatoms. The van der Waals surface area contributed by atoms with Crippen LogP contribution in [0.2, 0.25) is 0 Å². The van der Waals surface area contributed by atoms with Gasteiger partial charge in [0.25, 0.3) is 10.0 Å². The molecule has 4 aromatic rings. The zero-order valence-electron chi connectivity index (χ0n) is 19.9. The molecule has 0 spiro atoms. The van der Waals surface area contributed by atoms with Crippen molar-refractivity contribution < 1.29 is 27.5 Å². The number of hydrogen-bond donors (Lipinski definition) is 2. The minimum absolute atomic E-state index is 0.0462. The fraction of sp³-hybridized carbons (Fsp3) is 0.261. The van der Waals surface area contributed by atoms with Gasteiger partial charge in [-0.2, -0.15) is 0 Å². The molecule has 2 aromatic heterocycles. The van der Waals surface area contributed by atoms with E-state index in [1.807, 2.05) is 30.3 Å². The molecule has 194 valence electrons. The summed E-state index contributed by atoms with van der Waals surface area (Å²) in [5, 5.41) is 16.1. The number of esters is 1. The summed E-state index contributed by atoms with van der Waals surface area (Å²) in [5.74, 6) is -0.508. The zero-order valence-corrected chi connectivity index (χ0v) is 21.5. The van der Waals surface area contributed by atoms with E-state index in [0.717, 1.165) is 16.9 Å². The van der Waals surface area contributed by atoms with Gasteiger partial charge in [-0.3, -0.25) is 4.79 Å². The first-order valence-corrected chi connectivity index (χ1v) is 13.4. The number of carbonyl (C=O) groups excluding carboxylic acids is 2. The molecule has 0 saturated heterocycles. The molecule has 0 bridgehead atoms. The summed E-state index contributed by atoms with van der Waals surface area (Å²) < 4.78 is 35.5. The number of primary sulfonamides is 1. The second-order valence-electron chi connectivity index (χ2n) is 8.09. The van der Waals surface area contributed by atoms with Gasteiger partial charge in [-0.05, 0) is 30.7 Å². The van der Waals surface area contributed by atoms with E-state index in [4.69, 9.17) is 14.6 Å². The topological polar surface area (TPSA) is 168 Å². The van der Waals surface area contributed by atoms with Gasteiger partial charge in [-0.25, -0.2) is 28.0 Å². The van der Waals surface area contributed by atoms with Gasteiger partial charge in [0.2, 0.25) is 10.2 Å². The lowest BCUT2D eigenvalue weighted by Gasteiger charge is -2.19. The Kier molecular flexibility index (Phi) is 7.80. The molecule has 2 atom stereocenters. The highest BCUT2D eigenvalue weighted by atomic mass is 32.2. The zero-order chi connectivity index (χ0) is 26.6. The molecule has 1 amide bonds. The van der Waals surface area contributed by atoms with Crippen molar-refractivity contribution in [2.75, 3.05) is 7.11 Å². The first kappa shape index (κ1) is 26.2. The van der Waals surface area contributed by atoms with Crippen LogP contribution in [0.3, 0.4) is 0 Å². The van der Waals surface area contributed by atoms with E-state index < -0.39 is 34.0 Å². The standard InChI is InChI=1S/C23H24N6O6S2/c1-14(22(31)34-2)25-21(30)19(10-15-6-4-3-5-7-15)29-12-16(27-28-29)13-35-17-8-9-18-20(11-17)36-23(26-18)37(24,32)33/h3-9,11-12,14,19H,10,13H2,1-2H3,(H,25,30)(H2,24,32,33). The number of carbonyl (C=O) groups is 2. The highest BCUT2D eigenvalue weighted by molar-refractivity contribution is 7.91. The van der Waals surface area contributed by atoms with Gasteiger partial charge < -0.3 is 14.8 Å². The van der Waals surface area contributed by atoms with Crippen LogP contribution < -0.4 is 15.2 Å². The number of nitrogens with two attached hydrogens (primary N) is 1. The Balaban J connectivity index is 1.49. The molecule has 37 heavy (non-hydrogen) atoms. The first-order chi connectivity index (χ1) is 17.6. The van der Waals surface area contributed by atoms with Crippen LogP contribution in [0.5, 0.6) is 5.75 Å². The molecule has 0 aliphatic heterocycles. The van der Waals surface area contributed by atoms with Gasteiger partial charge in [0.1, 0.15) is 30.1 Å². The first-order valence-electron chi connectivity index (χ1n) is 11.0. The van der Waals surface area contributed by atoms with Crippen molar-refractivity contribution in [1.82, 2.24) is 25.3 Å². The van der Waals surface area contributed by atoms with Crippen LogP contribution in [-0.4, -0.2) is 53.4 Å². The minimum atomic E-state index is -3.89. The highest BCUT2D eigenvalue weighted by Gasteiger charge is 2.26. The molecule has 2 heterocycles. The molecule has 2 aromatic carbocycles. The van der Waals surface area contributed by atoms with Gasteiger partial charge in [-0.15, -0.1) is 16.4 Å². The van der Waals surface area contributed by atoms with Gasteiger partial charge in [0, 0.05) is 6.42 Å². The minimum Gasteiger partial charge on any atom is -0.487 e. The molecule has 4 rings (SSSR count). The second kappa shape index (κ2) is 11.0. The van der Waals surface area contributed by atoms with E-state index in [1.165, 1.54) is 18.7 Å². The number of methoxy groups -OCH3 is 1. The third-order valence-electron chi connectivity index (χ3n) is 5.34. The summed E-state index contributed by atoms with van der Waals surface area (Å²) in [6.07, 6.45) is 1.92. The Hall–Kier alpha value is -3.88. The van der Waals surface area contributed by atoms with Crippen molar-refractivity contribution in [3.8, 4) is 5.75 Å². The Bertz CT molecular complexity index is 1520. The third-order valence-corrected chi connectivity index (χ3v) is 7.67. The fourth-order valence-electron chi connectivity index (χ4n) is 3.47. The van der Waals surface area contributed by atoms with Crippen LogP contribution in [0.15, 0.2) is 59.1 Å². The summed E-state index contributed by atoms with van der Waals surface area (Å²) in [6, 6.07) is 12.7. The van der Waals surface area contributed by atoms with Crippen LogP contribution >= 0.6 is 11.3 Å². The monoisotopic (exact) mass is 544 g/mol. The van der Waals surface area contributed by atoms with Gasteiger partial charge in [0.05, 0.1) is 23.5 Å². The van der Waals surface area contributed by atoms with E-state index in [2.05, 4.69) is 20.6 Å². The number of amides is 1. The summed E-state index contributed by atoms with van der Waals surface area (Å²) in [5.41, 5.74) is 1.85. The molecule has 3 N–H and O–H groups in total. The number of aromatic nitrogens is 4. The lowest BCUT2D eigenvalue weighted by molar-refractivity contribution is -0.145. The number of sulfonamides is 1. The van der Waals surface area contributed by atoms with Crippen molar-refractivity contribution in [2.45, 2.75) is 36.4 Å². The van der Waals surface area contributed by atoms with Gasteiger partial charge in [0.15, 0.2) is 0 Å². The van der Waals surface area contributed by atoms with Gasteiger partial charge >= 0.3 is 5.97 Å². The molecule has 0 saturated carbocycles. The van der Waals surface area contributed by atoms with Crippen molar-refractivity contribution in [2.24, 2.45) is 5.14 Å². The fourth-order valence-corrected chi connectivity index (χ4v) is 5.16. The van der Waals surface area contributed by atoms with Crippen molar-refractivity contribution >= 4 is 43.5 Å². The Morgan fingerprint density at radius 3 is 2.65 bits per heavy atom. The maximum absolute atomic E-state index is 13.1. The molecule has 0 fully saturated rings. The second-order valence-corrected chi connectivity index (χ2v) is 10.9. The van der Waals surface area contributed by atoms with Crippen LogP contribution in [0.4, 0.5) is 0 Å². The SMILES string of the molecule is COC(=O)C(C)NC(=O)C(Cc1ccccc1)n1cc(COc2ccc3nc(S(N)(=O)=O)sc3c2)nn1. The molecular weight excluding hydrogens is 520 g/mol. The molecular formula is C23H24N6O6S2. The predicted octanol–water partition coefficient (Wildman–Crippen LogP) is 1.58. The number of benzene rings is 2. The summed E-state index contributed by atoms with van der Waals surface area (Å²) in [6.45, 7) is 1.58. The smallest absolute Gasteiger partial charge is 0.328 e. The molecule has 2 unspecified atom stereocenters. The number of thiazole rings is 1. The van der Waals surface area contributed by atoms with E-state index in [-0.39, 0.29) is 10.9 Å². The number of nitrogens with zero attached hydrogens (tertiary/aromatic N) is 4. The summed E-state index contributed by atoms with van der Waals surface area (Å²) in [7, 11) is -2.64. The Labute approximate surface area is 216 Å². The Morgan fingerprint density at radius 2 is 1.95 bits per heavy atom. The molecule has 0 aliphatic carbocycles. The van der Waals surface area contributed by atoms with Crippen LogP contribution in [0, 0.1) is 0 Å². The van der Waals surface area contributed by atoms with Crippen molar-refractivity contribution in [3.63, 3.8) is 0 Å². The largest absolute Gasteiger partial charge is 0.487 e. The van der Waals surface area contributed by atoms with E-state index >= 15 is 0 Å². The Morgan fingerprint density at radius 1 is 1.19 bits per heavy atom. The summed E-state index contributed by atoms with van der Waals surface area (Å²) >= 11 is 0.947. The predicted molar refractivity (Wildman–Crippen MR) is 134 cm³/mol. The maximum atomic E-state index is 13.1. The highest BCUT2D eigenvalue weighted by Crippen LogP contribution is 2.28. The number of fused-ring (bicyclic) bond motifs is 1. The summed E-state index contributed by atoms with van der Waals surface area (Å²) in [4.78, 5) is 28.9. The average molecular weight is 545 g/mol. The number of hydrogen-bond acceptors (Lipinski definition) is 10. The number of ether oxygens (including phenoxy) is 2. The molecule has 0 aliphatic rings. The number of nitrogens with one attached hydrogen (secondary N) is 1. The quantitative estimate of drug-likeness (QED) is 0.282. The molecule has 12 nitrogen and oxygen atoms in total. The van der Waals surface area contributed by atoms with Crippen molar-refractivity contribution in [3.05, 3.63) is 66.0 Å². The van der Waals surface area contributed by atoms with Gasteiger partial charge in [-0.1, -0.05) is 35.5 Å². The van der Waals surface area contributed by atoms with E-state index in [0.29, 0.717) is 28.1 Å². The molecule has 0 radical (unpaired) electrons. The normalized spacial score (nSPS) is 13.2. The van der Waals surface area contributed by atoms with Crippen LogP contribution in [0.25, 0.3) is 10.2 Å². The maximum Gasteiger partial charge on any atom is 0.328 e. The van der Waals surface area contributed by atoms with E-state index in [9.17, 15) is 18.0 Å². The third kappa shape index (κ3) is 6.47. The lowest BCUT2D eigenvalue weighted by Crippen LogP contribution is -2.43. The van der Waals surface area contributed by atoms with Crippen LogP contribution in [0.1, 0.15) is 24.2 Å². The van der Waals surface area contributed by atoms with E-state index in [1.54, 1.807) is 24.4 Å². The number of rotatable bonds is 10. The van der Waals surface area contributed by atoms with Crippen molar-refractivity contribution in [1.29, 1.82) is 0 Å².